The van der Waals surface area contributed by atoms with Crippen LogP contribution in [0.2, 0.25) is 0 Å². The Labute approximate surface area is 109 Å². The molecule has 0 aliphatic rings. The first-order valence-electron chi connectivity index (χ1n) is 5.75. The Bertz CT molecular complexity index is 559. The van der Waals surface area contributed by atoms with Crippen molar-refractivity contribution in [1.82, 2.24) is 4.72 Å². The number of nitrogens with one attached hydrogen (secondary N) is 1. The summed E-state index contributed by atoms with van der Waals surface area (Å²) in [5.41, 5.74) is 7.00. The van der Waals surface area contributed by atoms with Crippen molar-refractivity contribution in [2.45, 2.75) is 37.6 Å². The molecule has 98 valence electrons. The second-order valence-electron chi connectivity index (χ2n) is 4.15. The van der Waals surface area contributed by atoms with E-state index in [1.54, 1.807) is 6.07 Å². The summed E-state index contributed by atoms with van der Waals surface area (Å²) in [4.78, 5) is 0.141. The molecule has 18 heavy (non-hydrogen) atoms. The summed E-state index contributed by atoms with van der Waals surface area (Å²) in [5, 5.41) is 0. The van der Waals surface area contributed by atoms with Gasteiger partial charge in [-0.1, -0.05) is 25.3 Å². The molecular formula is C13H18N2O2S. The first-order valence-corrected chi connectivity index (χ1v) is 7.23. The Morgan fingerprint density at radius 1 is 1.50 bits per heavy atom. The predicted molar refractivity (Wildman–Crippen MR) is 73.4 cm³/mol. The summed E-state index contributed by atoms with van der Waals surface area (Å²) in [7, 11) is -3.61. The van der Waals surface area contributed by atoms with Crippen LogP contribution in [0.4, 0.5) is 5.69 Å². The topological polar surface area (TPSA) is 72.2 Å². The molecule has 0 fully saturated rings. The van der Waals surface area contributed by atoms with Gasteiger partial charge in [0.25, 0.3) is 0 Å². The van der Waals surface area contributed by atoms with Crippen molar-refractivity contribution >= 4 is 15.7 Å². The molecule has 0 amide bonds. The van der Waals surface area contributed by atoms with Crippen LogP contribution in [0.15, 0.2) is 23.1 Å². The quantitative estimate of drug-likeness (QED) is 0.629. The van der Waals surface area contributed by atoms with E-state index in [0.717, 1.165) is 12.0 Å². The fraction of sp³-hybridized carbons (Fsp3) is 0.385. The summed E-state index contributed by atoms with van der Waals surface area (Å²) in [5.74, 6) is 2.43. The van der Waals surface area contributed by atoms with Gasteiger partial charge < -0.3 is 5.73 Å². The second kappa shape index (κ2) is 5.89. The van der Waals surface area contributed by atoms with E-state index in [2.05, 4.69) is 10.6 Å². The molecule has 0 spiro atoms. The molecule has 4 nitrogen and oxygen atoms in total. The monoisotopic (exact) mass is 266 g/mol. The summed E-state index contributed by atoms with van der Waals surface area (Å²) in [6.45, 7) is 3.77. The van der Waals surface area contributed by atoms with E-state index in [4.69, 9.17) is 12.2 Å². The lowest BCUT2D eigenvalue weighted by Gasteiger charge is -2.13. The van der Waals surface area contributed by atoms with Gasteiger partial charge in [-0.15, -0.1) is 6.42 Å². The number of anilines is 1. The smallest absolute Gasteiger partial charge is 0.241 e. The number of nitrogen functional groups attached to an aromatic ring is 1. The minimum absolute atomic E-state index is 0.141. The van der Waals surface area contributed by atoms with Crippen molar-refractivity contribution in [2.75, 3.05) is 5.73 Å². The molecule has 5 heteroatoms. The predicted octanol–water partition coefficient (Wildman–Crippen LogP) is 1.66. The third-order valence-electron chi connectivity index (χ3n) is 2.64. The van der Waals surface area contributed by atoms with Crippen LogP contribution in [0.5, 0.6) is 0 Å². The molecule has 1 aromatic carbocycles. The molecule has 0 saturated heterocycles. The minimum Gasteiger partial charge on any atom is -0.398 e. The van der Waals surface area contributed by atoms with Crippen molar-refractivity contribution in [1.29, 1.82) is 0 Å². The van der Waals surface area contributed by atoms with Gasteiger partial charge in [0.15, 0.2) is 0 Å². The molecule has 1 unspecified atom stereocenters. The third-order valence-corrected chi connectivity index (χ3v) is 4.11. The van der Waals surface area contributed by atoms with Crippen molar-refractivity contribution in [3.8, 4) is 12.3 Å². The van der Waals surface area contributed by atoms with Crippen LogP contribution < -0.4 is 10.5 Å². The first kappa shape index (κ1) is 14.6. The molecule has 0 heterocycles. The Kier molecular flexibility index (Phi) is 4.76. The molecule has 0 radical (unpaired) electrons. The summed E-state index contributed by atoms with van der Waals surface area (Å²) < 4.78 is 26.6. The number of aryl methyl sites for hydroxylation is 1. The number of hydrogen-bond donors (Lipinski definition) is 2. The van der Waals surface area contributed by atoms with Crippen LogP contribution in [0.1, 0.15) is 25.3 Å². The SMILES string of the molecule is C#CC(CCC)NS(=O)(=O)c1ccc(C)c(N)c1. The van der Waals surface area contributed by atoms with Gasteiger partial charge in [0, 0.05) is 5.69 Å². The van der Waals surface area contributed by atoms with Gasteiger partial charge in [0.1, 0.15) is 0 Å². The number of hydrogen-bond acceptors (Lipinski definition) is 3. The molecule has 0 aliphatic heterocycles. The molecule has 0 saturated carbocycles. The lowest BCUT2D eigenvalue weighted by atomic mass is 10.2. The van der Waals surface area contributed by atoms with Crippen LogP contribution in [-0.4, -0.2) is 14.5 Å². The average molecular weight is 266 g/mol. The van der Waals surface area contributed by atoms with E-state index in [9.17, 15) is 8.42 Å². The first-order chi connectivity index (χ1) is 8.40. The molecule has 1 atom stereocenters. The van der Waals surface area contributed by atoms with E-state index in [1.807, 2.05) is 13.8 Å². The van der Waals surface area contributed by atoms with Crippen molar-refractivity contribution in [3.63, 3.8) is 0 Å². The third kappa shape index (κ3) is 3.49. The number of terminal acetylenes is 1. The van der Waals surface area contributed by atoms with Crippen molar-refractivity contribution < 1.29 is 8.42 Å². The highest BCUT2D eigenvalue weighted by molar-refractivity contribution is 7.89. The molecule has 0 aromatic heterocycles. The summed E-state index contributed by atoms with van der Waals surface area (Å²) in [6.07, 6.45) is 6.72. The Hall–Kier alpha value is -1.51. The second-order valence-corrected chi connectivity index (χ2v) is 5.86. The van der Waals surface area contributed by atoms with Gasteiger partial charge in [-0.3, -0.25) is 0 Å². The summed E-state index contributed by atoms with van der Waals surface area (Å²) in [6, 6.07) is 4.15. The lowest BCUT2D eigenvalue weighted by molar-refractivity contribution is 0.564. The normalized spacial score (nSPS) is 12.9. The van der Waals surface area contributed by atoms with Crippen molar-refractivity contribution in [2.24, 2.45) is 0 Å². The zero-order valence-electron chi connectivity index (χ0n) is 10.6. The molecule has 1 rings (SSSR count). The lowest BCUT2D eigenvalue weighted by Crippen LogP contribution is -2.33. The highest BCUT2D eigenvalue weighted by Crippen LogP contribution is 2.17. The summed E-state index contributed by atoms with van der Waals surface area (Å²) >= 11 is 0. The van der Waals surface area contributed by atoms with Gasteiger partial charge in [-0.2, -0.15) is 4.72 Å². The standard InChI is InChI=1S/C13H18N2O2S/c1-4-6-11(5-2)15-18(16,17)12-8-7-10(3)13(14)9-12/h2,7-9,11,15H,4,6,14H2,1,3H3. The highest BCUT2D eigenvalue weighted by atomic mass is 32.2. The number of sulfonamides is 1. The maximum atomic E-state index is 12.1. The fourth-order valence-corrected chi connectivity index (χ4v) is 2.73. The van der Waals surface area contributed by atoms with E-state index >= 15 is 0 Å². The van der Waals surface area contributed by atoms with Crippen LogP contribution in [0.25, 0.3) is 0 Å². The van der Waals surface area contributed by atoms with Gasteiger partial charge in [0.05, 0.1) is 10.9 Å². The number of nitrogens with two attached hydrogens (primary N) is 1. The van der Waals surface area contributed by atoms with E-state index < -0.39 is 16.1 Å². The van der Waals surface area contributed by atoms with Crippen LogP contribution in [0.3, 0.4) is 0 Å². The van der Waals surface area contributed by atoms with Gasteiger partial charge in [0.2, 0.25) is 10.0 Å². The molecule has 3 N–H and O–H groups in total. The maximum absolute atomic E-state index is 12.1. The molecule has 1 aromatic rings. The zero-order chi connectivity index (χ0) is 13.8. The minimum atomic E-state index is -3.61. The van der Waals surface area contributed by atoms with E-state index in [0.29, 0.717) is 12.1 Å². The molecule has 0 bridgehead atoms. The van der Waals surface area contributed by atoms with Gasteiger partial charge in [-0.05, 0) is 31.0 Å². The Balaban J connectivity index is 2.99. The van der Waals surface area contributed by atoms with Crippen LogP contribution >= 0.6 is 0 Å². The molecular weight excluding hydrogens is 248 g/mol. The zero-order valence-corrected chi connectivity index (χ0v) is 11.4. The largest absolute Gasteiger partial charge is 0.398 e. The Morgan fingerprint density at radius 2 is 2.17 bits per heavy atom. The van der Waals surface area contributed by atoms with Crippen molar-refractivity contribution in [3.05, 3.63) is 23.8 Å². The number of rotatable bonds is 5. The average Bonchev–Trinajstić information content (AvgIpc) is 2.31. The fourth-order valence-electron chi connectivity index (χ4n) is 1.51. The van der Waals surface area contributed by atoms with E-state index in [1.165, 1.54) is 12.1 Å². The highest BCUT2D eigenvalue weighted by Gasteiger charge is 2.18. The molecule has 0 aliphatic carbocycles. The Morgan fingerprint density at radius 3 is 2.67 bits per heavy atom. The maximum Gasteiger partial charge on any atom is 0.241 e. The van der Waals surface area contributed by atoms with Crippen LogP contribution in [0, 0.1) is 19.3 Å². The van der Waals surface area contributed by atoms with Crippen LogP contribution in [-0.2, 0) is 10.0 Å². The van der Waals surface area contributed by atoms with Gasteiger partial charge in [-0.25, -0.2) is 8.42 Å². The van der Waals surface area contributed by atoms with E-state index in [-0.39, 0.29) is 4.90 Å². The van der Waals surface area contributed by atoms with Gasteiger partial charge >= 0.3 is 0 Å². The number of benzene rings is 1.